The van der Waals surface area contributed by atoms with Crippen LogP contribution in [0.1, 0.15) is 37.8 Å². The number of nitrogens with one attached hydrogen (secondary N) is 1. The first-order valence-corrected chi connectivity index (χ1v) is 12.3. The second-order valence-corrected chi connectivity index (χ2v) is 10.7. The Morgan fingerprint density at radius 1 is 1.00 bits per heavy atom. The predicted octanol–water partition coefficient (Wildman–Crippen LogP) is 4.60. The van der Waals surface area contributed by atoms with Crippen molar-refractivity contribution in [2.75, 3.05) is 18.4 Å². The van der Waals surface area contributed by atoms with E-state index in [0.717, 1.165) is 53.3 Å². The van der Waals surface area contributed by atoms with E-state index in [1.54, 1.807) is 22.8 Å². The number of rotatable bonds is 6. The van der Waals surface area contributed by atoms with Gasteiger partial charge in [-0.05, 0) is 60.9 Å². The second-order valence-electron chi connectivity index (χ2n) is 8.46. The first kappa shape index (κ1) is 21.2. The molecular weight excluding hydrogens is 434 g/mol. The number of hydrogen-bond donors (Lipinski definition) is 1. The summed E-state index contributed by atoms with van der Waals surface area (Å²) < 4.78 is 52.4. The van der Waals surface area contributed by atoms with E-state index in [4.69, 9.17) is 0 Å². The highest BCUT2D eigenvalue weighted by Crippen LogP contribution is 2.34. The van der Waals surface area contributed by atoms with Crippen molar-refractivity contribution >= 4 is 26.5 Å². The van der Waals surface area contributed by atoms with Crippen molar-refractivity contribution in [1.29, 1.82) is 0 Å². The van der Waals surface area contributed by atoms with Gasteiger partial charge in [0.1, 0.15) is 5.69 Å². The Morgan fingerprint density at radius 3 is 2.44 bits per heavy atom. The van der Waals surface area contributed by atoms with Crippen molar-refractivity contribution in [3.63, 3.8) is 0 Å². The molecule has 2 aromatic heterocycles. The molecule has 2 aliphatic rings. The number of halogens is 2. The fourth-order valence-corrected chi connectivity index (χ4v) is 6.11. The molecule has 0 bridgehead atoms. The van der Waals surface area contributed by atoms with Gasteiger partial charge in [-0.1, -0.05) is 6.07 Å². The number of sulfonamides is 1. The summed E-state index contributed by atoms with van der Waals surface area (Å²) in [7, 11) is -3.14. The Morgan fingerprint density at radius 2 is 1.78 bits per heavy atom. The molecule has 32 heavy (non-hydrogen) atoms. The molecule has 3 aromatic rings. The van der Waals surface area contributed by atoms with E-state index in [9.17, 15) is 17.2 Å². The van der Waals surface area contributed by atoms with Crippen LogP contribution < -0.4 is 5.32 Å². The fraction of sp³-hybridized carbons (Fsp3) is 0.391. The summed E-state index contributed by atoms with van der Waals surface area (Å²) in [5.41, 5.74) is 2.27. The lowest BCUT2D eigenvalue weighted by molar-refractivity contribution is 0.146. The zero-order valence-electron chi connectivity index (χ0n) is 17.4. The maximum Gasteiger partial charge on any atom is 0.280 e. The topological polar surface area (TPSA) is 75.2 Å². The second kappa shape index (κ2) is 8.37. The molecular formula is C23H24F2N4O2S. The molecule has 1 aliphatic carbocycles. The molecule has 0 amide bonds. The lowest BCUT2D eigenvalue weighted by Gasteiger charge is -2.32. The number of nitrogens with zero attached hydrogens (tertiary/aromatic N) is 3. The molecule has 0 unspecified atom stereocenters. The van der Waals surface area contributed by atoms with Crippen molar-refractivity contribution < 1.29 is 17.2 Å². The van der Waals surface area contributed by atoms with E-state index in [1.807, 2.05) is 18.2 Å². The normalized spacial score (nSPS) is 18.3. The first-order valence-electron chi connectivity index (χ1n) is 10.8. The minimum absolute atomic E-state index is 0.138. The van der Waals surface area contributed by atoms with Gasteiger partial charge in [0, 0.05) is 54.4 Å². The van der Waals surface area contributed by atoms with Gasteiger partial charge in [0.15, 0.2) is 0 Å². The van der Waals surface area contributed by atoms with Crippen molar-refractivity contribution in [3.05, 3.63) is 54.6 Å². The summed E-state index contributed by atoms with van der Waals surface area (Å²) in [5, 5.41) is 5.34. The van der Waals surface area contributed by atoms with Crippen molar-refractivity contribution in [3.8, 4) is 11.1 Å². The monoisotopic (exact) mass is 458 g/mol. The molecule has 5 rings (SSSR count). The van der Waals surface area contributed by atoms with Gasteiger partial charge in [-0.3, -0.25) is 9.97 Å². The highest BCUT2D eigenvalue weighted by Gasteiger charge is 2.41. The third-order valence-electron chi connectivity index (χ3n) is 6.22. The third kappa shape index (κ3) is 4.19. The number of anilines is 1. The van der Waals surface area contributed by atoms with Gasteiger partial charge in [-0.15, -0.1) is 0 Å². The molecule has 1 saturated heterocycles. The van der Waals surface area contributed by atoms with Crippen LogP contribution in [-0.4, -0.2) is 47.1 Å². The van der Waals surface area contributed by atoms with Gasteiger partial charge in [-0.2, -0.15) is 0 Å². The standard InChI is InChI=1S/C23H24F2N4O2S/c24-23(25)21-4-1-16(13-27-21)17-11-15-5-8-26-14-20(15)22(12-17)28-18-6-9-29(10-7-18)32(30,31)19-2-3-19/h1,4-5,8,11-14,18-19,23,28H,2-3,6-7,9-10H2. The molecule has 0 spiro atoms. The summed E-state index contributed by atoms with van der Waals surface area (Å²) >= 11 is 0. The van der Waals surface area contributed by atoms with Crippen molar-refractivity contribution in [2.45, 2.75) is 43.4 Å². The lowest BCUT2D eigenvalue weighted by atomic mass is 10.00. The molecule has 1 aromatic carbocycles. The van der Waals surface area contributed by atoms with Crippen LogP contribution in [0, 0.1) is 0 Å². The zero-order chi connectivity index (χ0) is 22.3. The number of benzene rings is 1. The average Bonchev–Trinajstić information content (AvgIpc) is 3.66. The van der Waals surface area contributed by atoms with E-state index in [2.05, 4.69) is 15.3 Å². The number of alkyl halides is 2. The van der Waals surface area contributed by atoms with E-state index in [0.29, 0.717) is 13.1 Å². The molecule has 2 fully saturated rings. The molecule has 1 aliphatic heterocycles. The van der Waals surface area contributed by atoms with Crippen LogP contribution in [0.5, 0.6) is 0 Å². The zero-order valence-corrected chi connectivity index (χ0v) is 18.2. The largest absolute Gasteiger partial charge is 0.382 e. The Kier molecular flexibility index (Phi) is 5.54. The number of aromatic nitrogens is 2. The summed E-state index contributed by atoms with van der Waals surface area (Å²) in [5.74, 6) is 0. The minimum atomic E-state index is -3.14. The first-order chi connectivity index (χ1) is 15.4. The number of fused-ring (bicyclic) bond motifs is 1. The van der Waals surface area contributed by atoms with Gasteiger partial charge in [0.25, 0.3) is 6.43 Å². The maximum absolute atomic E-state index is 12.9. The SMILES string of the molecule is O=S(=O)(C1CC1)N1CCC(Nc2cc(-c3ccc(C(F)F)nc3)cc3ccncc23)CC1. The van der Waals surface area contributed by atoms with Crippen LogP contribution in [0.3, 0.4) is 0 Å². The summed E-state index contributed by atoms with van der Waals surface area (Å²) in [4.78, 5) is 8.13. The Hall–Kier alpha value is -2.65. The summed E-state index contributed by atoms with van der Waals surface area (Å²) in [6.07, 6.45) is 5.39. The smallest absolute Gasteiger partial charge is 0.280 e. The van der Waals surface area contributed by atoms with Crippen molar-refractivity contribution in [2.24, 2.45) is 0 Å². The van der Waals surface area contributed by atoms with Crippen LogP contribution in [0.2, 0.25) is 0 Å². The van der Waals surface area contributed by atoms with E-state index in [-0.39, 0.29) is 17.0 Å². The molecule has 1 saturated carbocycles. The van der Waals surface area contributed by atoms with Crippen LogP contribution in [0.4, 0.5) is 14.5 Å². The number of piperidine rings is 1. The molecule has 0 radical (unpaired) electrons. The summed E-state index contributed by atoms with van der Waals surface area (Å²) in [6.45, 7) is 1.04. The molecule has 3 heterocycles. The van der Waals surface area contributed by atoms with E-state index < -0.39 is 16.4 Å². The number of pyridine rings is 2. The van der Waals surface area contributed by atoms with Gasteiger partial charge in [-0.25, -0.2) is 21.5 Å². The molecule has 9 heteroatoms. The third-order valence-corrected chi connectivity index (χ3v) is 8.62. The minimum Gasteiger partial charge on any atom is -0.382 e. The quantitative estimate of drug-likeness (QED) is 0.584. The van der Waals surface area contributed by atoms with Crippen molar-refractivity contribution in [1.82, 2.24) is 14.3 Å². The molecule has 0 atom stereocenters. The highest BCUT2D eigenvalue weighted by molar-refractivity contribution is 7.90. The van der Waals surface area contributed by atoms with Gasteiger partial charge >= 0.3 is 0 Å². The fourth-order valence-electron chi connectivity index (χ4n) is 4.24. The van der Waals surface area contributed by atoms with Crippen LogP contribution >= 0.6 is 0 Å². The molecule has 1 N–H and O–H groups in total. The predicted molar refractivity (Wildman–Crippen MR) is 120 cm³/mol. The summed E-state index contributed by atoms with van der Waals surface area (Å²) in [6, 6.07) is 9.03. The maximum atomic E-state index is 12.9. The van der Waals surface area contributed by atoms with Crippen LogP contribution in [0.25, 0.3) is 21.9 Å². The lowest BCUT2D eigenvalue weighted by Crippen LogP contribution is -2.43. The van der Waals surface area contributed by atoms with Gasteiger partial charge < -0.3 is 5.32 Å². The highest BCUT2D eigenvalue weighted by atomic mass is 32.2. The average molecular weight is 459 g/mol. The van der Waals surface area contributed by atoms with Gasteiger partial charge in [0.05, 0.1) is 5.25 Å². The number of hydrogen-bond acceptors (Lipinski definition) is 5. The van der Waals surface area contributed by atoms with Crippen LogP contribution in [-0.2, 0) is 10.0 Å². The Balaban J connectivity index is 1.39. The van der Waals surface area contributed by atoms with E-state index >= 15 is 0 Å². The Labute approximate surface area is 185 Å². The molecule has 6 nitrogen and oxygen atoms in total. The van der Waals surface area contributed by atoms with Gasteiger partial charge in [0.2, 0.25) is 10.0 Å². The Bertz CT molecular complexity index is 1220. The molecule has 168 valence electrons. The van der Waals surface area contributed by atoms with E-state index in [1.165, 1.54) is 12.3 Å². The van der Waals surface area contributed by atoms with Crippen LogP contribution in [0.15, 0.2) is 48.9 Å².